The molecule has 1 fully saturated rings. The van der Waals surface area contributed by atoms with Crippen molar-refractivity contribution < 1.29 is 29.4 Å². The highest BCUT2D eigenvalue weighted by molar-refractivity contribution is 9.10. The highest BCUT2D eigenvalue weighted by Crippen LogP contribution is 2.47. The van der Waals surface area contributed by atoms with Gasteiger partial charge in [-0.25, -0.2) is 10.4 Å². The van der Waals surface area contributed by atoms with Crippen molar-refractivity contribution in [1.82, 2.24) is 5.32 Å². The van der Waals surface area contributed by atoms with E-state index in [9.17, 15) is 15.2 Å². The molecule has 1 aliphatic rings. The van der Waals surface area contributed by atoms with Gasteiger partial charge in [0.25, 0.3) is 0 Å². The van der Waals surface area contributed by atoms with E-state index in [0.29, 0.717) is 27.3 Å². The minimum Gasteiger partial charge on any atom is -0.600 e. The van der Waals surface area contributed by atoms with Crippen LogP contribution in [0.25, 0.3) is 0 Å². The zero-order valence-electron chi connectivity index (χ0n) is 13.0. The van der Waals surface area contributed by atoms with Gasteiger partial charge in [-0.2, -0.15) is 0 Å². The average molecular weight is 391 g/mol. The lowest BCUT2D eigenvalue weighted by Crippen LogP contribution is -3.10. The Kier molecular flexibility index (Phi) is 5.69. The summed E-state index contributed by atoms with van der Waals surface area (Å²) >= 11 is 3.42. The second kappa shape index (κ2) is 7.35. The van der Waals surface area contributed by atoms with Gasteiger partial charge in [0.1, 0.15) is 12.1 Å². The summed E-state index contributed by atoms with van der Waals surface area (Å²) in [5.41, 5.74) is 0.569. The first-order chi connectivity index (χ1) is 10.9. The smallest absolute Gasteiger partial charge is 0.220 e. The largest absolute Gasteiger partial charge is 0.600 e. The van der Waals surface area contributed by atoms with E-state index in [1.807, 2.05) is 0 Å². The third-order valence-electron chi connectivity index (χ3n) is 3.85. The lowest BCUT2D eigenvalue weighted by Gasteiger charge is -2.36. The fourth-order valence-corrected chi connectivity index (χ4v) is 3.43. The van der Waals surface area contributed by atoms with Crippen molar-refractivity contribution in [2.45, 2.75) is 24.9 Å². The third kappa shape index (κ3) is 3.37. The standard InChI is InChI=1S/C14H19BrN2O6/c1-21-9-6-7(11(15)14(23-3)13(9)22-2)12-8(17(19)20)4-5-10(18)16-12/h6,8,12,17,19H,4-5H2,1-3H3,(H,16,18). The summed E-state index contributed by atoms with van der Waals surface area (Å²) in [7, 11) is 4.43. The van der Waals surface area contributed by atoms with Crippen LogP contribution in [-0.2, 0) is 4.79 Å². The van der Waals surface area contributed by atoms with Crippen LogP contribution in [-0.4, -0.2) is 38.5 Å². The number of halogens is 1. The predicted molar refractivity (Wildman–Crippen MR) is 83.8 cm³/mol. The van der Waals surface area contributed by atoms with Crippen molar-refractivity contribution in [2.75, 3.05) is 21.3 Å². The van der Waals surface area contributed by atoms with Crippen molar-refractivity contribution in [2.24, 2.45) is 0 Å². The molecule has 1 heterocycles. The van der Waals surface area contributed by atoms with Gasteiger partial charge in [-0.3, -0.25) is 4.79 Å². The molecule has 3 unspecified atom stereocenters. The molecule has 128 valence electrons. The Morgan fingerprint density at radius 3 is 2.48 bits per heavy atom. The number of hydrogen-bond donors (Lipinski definition) is 3. The topological polar surface area (TPSA) is 105 Å². The summed E-state index contributed by atoms with van der Waals surface area (Å²) in [6, 6.07) is 0.237. The van der Waals surface area contributed by atoms with Crippen LogP contribution in [0.5, 0.6) is 17.2 Å². The lowest BCUT2D eigenvalue weighted by atomic mass is 9.92. The van der Waals surface area contributed by atoms with Gasteiger partial charge in [-0.15, -0.1) is 0 Å². The van der Waals surface area contributed by atoms with Crippen LogP contribution in [0.3, 0.4) is 0 Å². The zero-order chi connectivity index (χ0) is 17.1. The van der Waals surface area contributed by atoms with Crippen molar-refractivity contribution >= 4 is 21.8 Å². The van der Waals surface area contributed by atoms with Gasteiger partial charge in [0, 0.05) is 18.4 Å². The van der Waals surface area contributed by atoms with Gasteiger partial charge >= 0.3 is 0 Å². The number of nitrogens with one attached hydrogen (secondary N) is 2. The molecule has 0 aromatic heterocycles. The first-order valence-corrected chi connectivity index (χ1v) is 7.74. The Hall–Kier alpha value is -1.55. The SMILES string of the molecule is COc1cc(C2NC(=O)CCC2[NH+]([O-])O)c(Br)c(OC)c1OC. The zero-order valence-corrected chi connectivity index (χ0v) is 14.6. The maximum Gasteiger partial charge on any atom is 0.220 e. The molecular weight excluding hydrogens is 372 g/mol. The molecule has 8 nitrogen and oxygen atoms in total. The monoisotopic (exact) mass is 390 g/mol. The van der Waals surface area contributed by atoms with Gasteiger partial charge in [-0.05, 0) is 22.0 Å². The van der Waals surface area contributed by atoms with Gasteiger partial charge < -0.3 is 24.7 Å². The molecule has 0 radical (unpaired) electrons. The van der Waals surface area contributed by atoms with Crippen LogP contribution in [0.2, 0.25) is 0 Å². The Morgan fingerprint density at radius 2 is 1.96 bits per heavy atom. The van der Waals surface area contributed by atoms with Gasteiger partial charge in [0.15, 0.2) is 11.5 Å². The Morgan fingerprint density at radius 1 is 1.30 bits per heavy atom. The van der Waals surface area contributed by atoms with Gasteiger partial charge in [0.05, 0.1) is 25.8 Å². The van der Waals surface area contributed by atoms with E-state index in [1.165, 1.54) is 21.3 Å². The fraction of sp³-hybridized carbons (Fsp3) is 0.500. The van der Waals surface area contributed by atoms with Gasteiger partial charge in [-0.1, -0.05) is 0 Å². The predicted octanol–water partition coefficient (Wildman–Crippen LogP) is 0.567. The van der Waals surface area contributed by atoms with E-state index in [2.05, 4.69) is 21.2 Å². The molecule has 1 saturated heterocycles. The van der Waals surface area contributed by atoms with E-state index in [-0.39, 0.29) is 18.7 Å². The highest BCUT2D eigenvalue weighted by atomic mass is 79.9. The Balaban J connectivity index is 2.58. The summed E-state index contributed by atoms with van der Waals surface area (Å²) < 4.78 is 16.5. The number of ether oxygens (including phenoxy) is 3. The second-order valence-electron chi connectivity index (χ2n) is 5.08. The third-order valence-corrected chi connectivity index (χ3v) is 4.67. The Bertz CT molecular complexity index is 595. The molecule has 1 aliphatic heterocycles. The number of carbonyl (C=O) groups excluding carboxylic acids is 1. The molecule has 0 aliphatic carbocycles. The minimum absolute atomic E-state index is 0.187. The minimum atomic E-state index is -0.962. The van der Waals surface area contributed by atoms with E-state index < -0.39 is 17.3 Å². The van der Waals surface area contributed by atoms with Crippen molar-refractivity contribution in [3.05, 3.63) is 21.3 Å². The molecule has 0 saturated carbocycles. The number of piperidine rings is 1. The van der Waals surface area contributed by atoms with Crippen LogP contribution < -0.4 is 24.8 Å². The number of carbonyl (C=O) groups is 1. The molecule has 1 amide bonds. The van der Waals surface area contributed by atoms with Crippen LogP contribution >= 0.6 is 15.9 Å². The number of rotatable bonds is 5. The van der Waals surface area contributed by atoms with Crippen LogP contribution in [0.15, 0.2) is 10.5 Å². The number of hydroxylamine groups is 2. The lowest BCUT2D eigenvalue weighted by molar-refractivity contribution is -1.07. The molecule has 0 bridgehead atoms. The Labute approximate surface area is 142 Å². The van der Waals surface area contributed by atoms with E-state index in [4.69, 9.17) is 14.2 Å². The summed E-state index contributed by atoms with van der Waals surface area (Å²) in [4.78, 5) is 11.8. The second-order valence-corrected chi connectivity index (χ2v) is 5.87. The number of hydrogen-bond acceptors (Lipinski definition) is 6. The average Bonchev–Trinajstić information content (AvgIpc) is 2.53. The normalized spacial score (nSPS) is 22.3. The summed E-state index contributed by atoms with van der Waals surface area (Å²) in [5, 5.41) is 22.8. The maximum absolute atomic E-state index is 11.8. The van der Waals surface area contributed by atoms with E-state index >= 15 is 0 Å². The number of benzene rings is 1. The number of quaternary nitrogens is 1. The van der Waals surface area contributed by atoms with Crippen LogP contribution in [0, 0.1) is 5.21 Å². The summed E-state index contributed by atoms with van der Waals surface area (Å²) in [5.74, 6) is 0.977. The molecule has 23 heavy (non-hydrogen) atoms. The molecule has 3 N–H and O–H groups in total. The molecule has 2 rings (SSSR count). The van der Waals surface area contributed by atoms with Gasteiger partial charge in [0.2, 0.25) is 11.7 Å². The van der Waals surface area contributed by atoms with Crippen LogP contribution in [0.1, 0.15) is 24.4 Å². The van der Waals surface area contributed by atoms with Crippen LogP contribution in [0.4, 0.5) is 0 Å². The molecule has 0 spiro atoms. The molecular formula is C14H19BrN2O6. The fourth-order valence-electron chi connectivity index (χ4n) is 2.73. The quantitative estimate of drug-likeness (QED) is 0.634. The maximum atomic E-state index is 11.8. The molecule has 1 aromatic rings. The van der Waals surface area contributed by atoms with Crippen molar-refractivity contribution in [3.8, 4) is 17.2 Å². The molecule has 1 aromatic carbocycles. The number of methoxy groups -OCH3 is 3. The summed E-state index contributed by atoms with van der Waals surface area (Å²) in [6.45, 7) is 0. The number of amides is 1. The van der Waals surface area contributed by atoms with Crippen molar-refractivity contribution in [1.29, 1.82) is 0 Å². The first-order valence-electron chi connectivity index (χ1n) is 6.95. The van der Waals surface area contributed by atoms with Crippen molar-refractivity contribution in [3.63, 3.8) is 0 Å². The first kappa shape index (κ1) is 17.8. The molecule has 3 atom stereocenters. The molecule has 9 heteroatoms. The summed E-state index contributed by atoms with van der Waals surface area (Å²) in [6.07, 6.45) is 0.463. The van der Waals surface area contributed by atoms with E-state index in [1.54, 1.807) is 6.07 Å². The highest BCUT2D eigenvalue weighted by Gasteiger charge is 2.37. The van der Waals surface area contributed by atoms with E-state index in [0.717, 1.165) is 0 Å².